The molecule has 1 unspecified atom stereocenters. The van der Waals surface area contributed by atoms with Gasteiger partial charge in [0, 0.05) is 16.3 Å². The first-order valence-corrected chi connectivity index (χ1v) is 9.19. The van der Waals surface area contributed by atoms with Crippen LogP contribution in [0.5, 0.6) is 0 Å². The van der Waals surface area contributed by atoms with Gasteiger partial charge >= 0.3 is 0 Å². The van der Waals surface area contributed by atoms with Gasteiger partial charge in [-0.2, -0.15) is 4.98 Å². The second-order valence-corrected chi connectivity index (χ2v) is 7.20. The molecule has 1 atom stereocenters. The third-order valence-corrected chi connectivity index (χ3v) is 5.02. The molecule has 0 fully saturated rings. The second kappa shape index (κ2) is 7.09. The van der Waals surface area contributed by atoms with Gasteiger partial charge < -0.3 is 5.32 Å². The minimum absolute atomic E-state index is 0.0545. The molecule has 2 N–H and O–H groups in total. The fourth-order valence-corrected chi connectivity index (χ4v) is 3.17. The topological polar surface area (TPSA) is 88.9 Å². The SMILES string of the molecule is Cc1ccc(-c2nc3n(n2)C(CC(=O)Nc2ccc(C)c(Cl)c2)C(=O)N3)cc1. The Balaban J connectivity index is 1.51. The second-order valence-electron chi connectivity index (χ2n) is 6.79. The third-order valence-electron chi connectivity index (χ3n) is 4.61. The summed E-state index contributed by atoms with van der Waals surface area (Å²) in [7, 11) is 0. The van der Waals surface area contributed by atoms with Gasteiger partial charge in [0.05, 0.1) is 6.42 Å². The van der Waals surface area contributed by atoms with Crippen LogP contribution in [0.4, 0.5) is 11.6 Å². The Kier molecular flexibility index (Phi) is 4.60. The summed E-state index contributed by atoms with van der Waals surface area (Å²) < 4.78 is 1.47. The highest BCUT2D eigenvalue weighted by atomic mass is 35.5. The van der Waals surface area contributed by atoms with Crippen molar-refractivity contribution in [3.8, 4) is 11.4 Å². The van der Waals surface area contributed by atoms with Crippen molar-refractivity contribution in [2.45, 2.75) is 26.3 Å². The van der Waals surface area contributed by atoms with Gasteiger partial charge in [0.2, 0.25) is 11.9 Å². The largest absolute Gasteiger partial charge is 0.326 e. The van der Waals surface area contributed by atoms with Crippen molar-refractivity contribution in [1.82, 2.24) is 14.8 Å². The lowest BCUT2D eigenvalue weighted by Crippen LogP contribution is -2.23. The normalized spacial score (nSPS) is 15.2. The first-order chi connectivity index (χ1) is 13.4. The predicted octanol–water partition coefficient (Wildman–Crippen LogP) is 3.74. The molecule has 0 aliphatic carbocycles. The molecular weight excluding hydrogens is 378 g/mol. The van der Waals surface area contributed by atoms with Gasteiger partial charge in [-0.25, -0.2) is 4.68 Å². The molecule has 0 spiro atoms. The van der Waals surface area contributed by atoms with Crippen molar-refractivity contribution in [2.75, 3.05) is 10.6 Å². The number of carbonyl (C=O) groups excluding carboxylic acids is 2. The molecule has 2 heterocycles. The molecule has 7 nitrogen and oxygen atoms in total. The third kappa shape index (κ3) is 3.48. The van der Waals surface area contributed by atoms with Crippen LogP contribution in [0.2, 0.25) is 5.02 Å². The maximum atomic E-state index is 12.4. The summed E-state index contributed by atoms with van der Waals surface area (Å²) in [4.78, 5) is 29.1. The fourth-order valence-electron chi connectivity index (χ4n) is 2.99. The van der Waals surface area contributed by atoms with E-state index in [0.29, 0.717) is 22.5 Å². The molecule has 0 saturated carbocycles. The van der Waals surface area contributed by atoms with E-state index in [0.717, 1.165) is 16.7 Å². The van der Waals surface area contributed by atoms with Crippen molar-refractivity contribution < 1.29 is 9.59 Å². The van der Waals surface area contributed by atoms with Gasteiger partial charge in [0.15, 0.2) is 5.82 Å². The fraction of sp³-hybridized carbons (Fsp3) is 0.200. The summed E-state index contributed by atoms with van der Waals surface area (Å²) >= 11 is 6.09. The lowest BCUT2D eigenvalue weighted by atomic mass is 10.1. The number of aryl methyl sites for hydroxylation is 2. The number of rotatable bonds is 4. The number of nitrogens with zero attached hydrogens (tertiary/aromatic N) is 3. The first-order valence-electron chi connectivity index (χ1n) is 8.81. The quantitative estimate of drug-likeness (QED) is 0.704. The predicted molar refractivity (Wildman–Crippen MR) is 107 cm³/mol. The summed E-state index contributed by atoms with van der Waals surface area (Å²) in [5.41, 5.74) is 3.48. The lowest BCUT2D eigenvalue weighted by Gasteiger charge is -2.10. The minimum Gasteiger partial charge on any atom is -0.326 e. The average molecular weight is 396 g/mol. The highest BCUT2D eigenvalue weighted by Gasteiger charge is 2.35. The maximum Gasteiger partial charge on any atom is 0.252 e. The zero-order chi connectivity index (χ0) is 19.8. The maximum absolute atomic E-state index is 12.4. The molecule has 0 radical (unpaired) electrons. The van der Waals surface area contributed by atoms with Crippen LogP contribution in [0, 0.1) is 13.8 Å². The number of amides is 2. The number of hydrogen-bond donors (Lipinski definition) is 2. The summed E-state index contributed by atoms with van der Waals surface area (Å²) in [6, 6.07) is 12.3. The molecule has 0 bridgehead atoms. The number of hydrogen-bond acceptors (Lipinski definition) is 4. The zero-order valence-corrected chi connectivity index (χ0v) is 16.1. The highest BCUT2D eigenvalue weighted by Crippen LogP contribution is 2.29. The number of aromatic nitrogens is 3. The van der Waals surface area contributed by atoms with E-state index < -0.39 is 6.04 Å². The summed E-state index contributed by atoms with van der Waals surface area (Å²) in [6.07, 6.45) is -0.0545. The van der Waals surface area contributed by atoms with Crippen molar-refractivity contribution in [1.29, 1.82) is 0 Å². The number of benzene rings is 2. The Morgan fingerprint density at radius 3 is 2.68 bits per heavy atom. The van der Waals surface area contributed by atoms with Crippen LogP contribution >= 0.6 is 11.6 Å². The smallest absolute Gasteiger partial charge is 0.252 e. The molecule has 2 amide bonds. The van der Waals surface area contributed by atoms with Crippen LogP contribution in [-0.2, 0) is 9.59 Å². The van der Waals surface area contributed by atoms with Crippen molar-refractivity contribution in [3.63, 3.8) is 0 Å². The van der Waals surface area contributed by atoms with E-state index in [1.165, 1.54) is 4.68 Å². The number of halogens is 1. The van der Waals surface area contributed by atoms with Crippen molar-refractivity contribution in [3.05, 3.63) is 58.6 Å². The Labute approximate surface area is 166 Å². The summed E-state index contributed by atoms with van der Waals surface area (Å²) in [6.45, 7) is 3.88. The van der Waals surface area contributed by atoms with Crippen molar-refractivity contribution >= 4 is 35.1 Å². The average Bonchev–Trinajstić information content (AvgIpc) is 3.18. The first kappa shape index (κ1) is 18.2. The van der Waals surface area contributed by atoms with Gasteiger partial charge in [0.1, 0.15) is 6.04 Å². The molecule has 1 aliphatic heterocycles. The molecule has 4 rings (SSSR count). The molecule has 142 valence electrons. The van der Waals surface area contributed by atoms with Crippen molar-refractivity contribution in [2.24, 2.45) is 0 Å². The molecule has 2 aromatic carbocycles. The Morgan fingerprint density at radius 1 is 1.21 bits per heavy atom. The molecule has 8 heteroatoms. The zero-order valence-electron chi connectivity index (χ0n) is 15.4. The monoisotopic (exact) mass is 395 g/mol. The Bertz CT molecular complexity index is 1070. The highest BCUT2D eigenvalue weighted by molar-refractivity contribution is 6.31. The molecule has 1 aliphatic rings. The lowest BCUT2D eigenvalue weighted by molar-refractivity contribution is -0.123. The number of carbonyl (C=O) groups is 2. The van der Waals surface area contributed by atoms with E-state index in [2.05, 4.69) is 20.7 Å². The van der Waals surface area contributed by atoms with E-state index in [-0.39, 0.29) is 18.2 Å². The summed E-state index contributed by atoms with van der Waals surface area (Å²) in [5, 5.41) is 10.4. The molecule has 0 saturated heterocycles. The standard InChI is InChI=1S/C20H18ClN5O2/c1-11-3-6-13(7-4-11)18-23-20-24-19(28)16(26(20)25-18)10-17(27)22-14-8-5-12(2)15(21)9-14/h3-9,16H,10H2,1-2H3,(H,22,27)(H,23,24,25,28). The molecule has 28 heavy (non-hydrogen) atoms. The van der Waals surface area contributed by atoms with Crippen LogP contribution in [0.3, 0.4) is 0 Å². The van der Waals surface area contributed by atoms with Gasteiger partial charge in [-0.1, -0.05) is 47.5 Å². The van der Waals surface area contributed by atoms with Gasteiger partial charge in [0.25, 0.3) is 5.91 Å². The number of nitrogens with one attached hydrogen (secondary N) is 2. The van der Waals surface area contributed by atoms with Gasteiger partial charge in [-0.15, -0.1) is 5.10 Å². The van der Waals surface area contributed by atoms with Crippen LogP contribution in [-0.4, -0.2) is 26.6 Å². The van der Waals surface area contributed by atoms with Gasteiger partial charge in [-0.3, -0.25) is 14.9 Å². The van der Waals surface area contributed by atoms with Gasteiger partial charge in [-0.05, 0) is 31.5 Å². The minimum atomic E-state index is -0.748. The van der Waals surface area contributed by atoms with E-state index in [1.54, 1.807) is 12.1 Å². The Hall–Kier alpha value is -3.19. The van der Waals surface area contributed by atoms with Crippen LogP contribution in [0.25, 0.3) is 11.4 Å². The van der Waals surface area contributed by atoms with E-state index >= 15 is 0 Å². The van der Waals surface area contributed by atoms with E-state index in [1.807, 2.05) is 44.2 Å². The van der Waals surface area contributed by atoms with E-state index in [4.69, 9.17) is 11.6 Å². The molecule has 3 aromatic rings. The Morgan fingerprint density at radius 2 is 1.96 bits per heavy atom. The van der Waals surface area contributed by atoms with Crippen LogP contribution in [0.15, 0.2) is 42.5 Å². The summed E-state index contributed by atoms with van der Waals surface area (Å²) in [5.74, 6) is 0.241. The number of fused-ring (bicyclic) bond motifs is 1. The van der Waals surface area contributed by atoms with E-state index in [9.17, 15) is 9.59 Å². The number of anilines is 2. The molecular formula is C20H18ClN5O2. The van der Waals surface area contributed by atoms with Crippen LogP contribution in [0.1, 0.15) is 23.6 Å². The molecule has 1 aromatic heterocycles. The van der Waals surface area contributed by atoms with Crippen LogP contribution < -0.4 is 10.6 Å².